The summed E-state index contributed by atoms with van der Waals surface area (Å²) in [7, 11) is -2.81. The van der Waals surface area contributed by atoms with Crippen LogP contribution in [0.15, 0.2) is 71.6 Å². The molecule has 0 aliphatic heterocycles. The van der Waals surface area contributed by atoms with Gasteiger partial charge in [-0.25, -0.2) is 0 Å². The van der Waals surface area contributed by atoms with Gasteiger partial charge >= 0.3 is 10.1 Å². The number of nitrogens with zero attached hydrogens (tertiary/aromatic N) is 1. The number of methoxy groups -OCH3 is 1. The average molecular weight is 545 g/mol. The molecule has 0 saturated heterocycles. The Kier molecular flexibility index (Phi) is 9.18. The lowest BCUT2D eigenvalue weighted by Crippen LogP contribution is -2.38. The first-order valence-electron chi connectivity index (χ1n) is 11.6. The topological polar surface area (TPSA) is 102 Å². The fraction of sp³-hybridized carbons (Fsp3) is 0.259. The van der Waals surface area contributed by atoms with Gasteiger partial charge in [0.05, 0.1) is 17.7 Å². The molecule has 0 bridgehead atoms. The zero-order valence-corrected chi connectivity index (χ0v) is 22.6. The lowest BCUT2D eigenvalue weighted by atomic mass is 10.1. The standard InChI is InChI=1S/C27H29ClN2O6S/c1-5-18(2)30(27(32)23-8-6-7-9-24(23)28)17-20-10-15-25(35-4)26(16-20)36-37(33,34)22-13-11-21(12-14-22)29-19(3)31/h6-16,18H,5,17H2,1-4H3,(H,29,31). The summed E-state index contributed by atoms with van der Waals surface area (Å²) < 4.78 is 36.7. The molecule has 0 saturated carbocycles. The Morgan fingerprint density at radius 3 is 2.30 bits per heavy atom. The van der Waals surface area contributed by atoms with Gasteiger partial charge in [-0.1, -0.05) is 36.7 Å². The molecule has 2 amide bonds. The molecule has 8 nitrogen and oxygen atoms in total. The van der Waals surface area contributed by atoms with Crippen molar-refractivity contribution >= 4 is 39.2 Å². The first kappa shape index (κ1) is 28.0. The number of anilines is 1. The molecule has 0 heterocycles. The van der Waals surface area contributed by atoms with Crippen LogP contribution >= 0.6 is 11.6 Å². The summed E-state index contributed by atoms with van der Waals surface area (Å²) in [5, 5.41) is 2.94. The molecule has 0 aliphatic rings. The Hall–Kier alpha value is -3.56. The highest BCUT2D eigenvalue weighted by Crippen LogP contribution is 2.32. The Morgan fingerprint density at radius 2 is 1.70 bits per heavy atom. The first-order valence-corrected chi connectivity index (χ1v) is 13.4. The summed E-state index contributed by atoms with van der Waals surface area (Å²) in [6.07, 6.45) is 0.707. The lowest BCUT2D eigenvalue weighted by molar-refractivity contribution is -0.114. The number of amides is 2. The van der Waals surface area contributed by atoms with E-state index >= 15 is 0 Å². The maximum absolute atomic E-state index is 13.4. The van der Waals surface area contributed by atoms with Crippen LogP contribution in [0.1, 0.15) is 43.1 Å². The summed E-state index contributed by atoms with van der Waals surface area (Å²) in [4.78, 5) is 26.2. The number of hydrogen-bond acceptors (Lipinski definition) is 6. The number of nitrogens with one attached hydrogen (secondary N) is 1. The van der Waals surface area contributed by atoms with Gasteiger partial charge in [0.2, 0.25) is 5.91 Å². The van der Waals surface area contributed by atoms with Gasteiger partial charge in [0.25, 0.3) is 5.91 Å². The van der Waals surface area contributed by atoms with Crippen molar-refractivity contribution in [3.8, 4) is 11.5 Å². The van der Waals surface area contributed by atoms with E-state index in [1.165, 1.54) is 44.4 Å². The van der Waals surface area contributed by atoms with E-state index in [-0.39, 0.29) is 40.8 Å². The molecule has 3 aromatic carbocycles. The van der Waals surface area contributed by atoms with Crippen molar-refractivity contribution in [1.82, 2.24) is 4.90 Å². The van der Waals surface area contributed by atoms with E-state index in [4.69, 9.17) is 20.5 Å². The van der Waals surface area contributed by atoms with Crippen LogP contribution in [-0.2, 0) is 21.5 Å². The van der Waals surface area contributed by atoms with Crippen LogP contribution < -0.4 is 14.2 Å². The molecule has 0 fully saturated rings. The third-order valence-electron chi connectivity index (χ3n) is 5.73. The van der Waals surface area contributed by atoms with Crippen LogP contribution in [0.2, 0.25) is 5.02 Å². The van der Waals surface area contributed by atoms with Crippen LogP contribution in [-0.4, -0.2) is 38.3 Å². The van der Waals surface area contributed by atoms with Gasteiger partial charge in [-0.05, 0) is 67.4 Å². The average Bonchev–Trinajstić information content (AvgIpc) is 2.86. The van der Waals surface area contributed by atoms with Crippen molar-refractivity contribution < 1.29 is 26.9 Å². The van der Waals surface area contributed by atoms with Crippen molar-refractivity contribution in [3.05, 3.63) is 82.9 Å². The minimum atomic E-state index is -4.21. The van der Waals surface area contributed by atoms with Gasteiger partial charge in [-0.3, -0.25) is 9.59 Å². The van der Waals surface area contributed by atoms with E-state index in [0.717, 1.165) is 0 Å². The maximum atomic E-state index is 13.4. The number of carbonyl (C=O) groups excluding carboxylic acids is 2. The highest BCUT2D eigenvalue weighted by Gasteiger charge is 2.24. The van der Waals surface area contributed by atoms with Crippen molar-refractivity contribution in [2.75, 3.05) is 12.4 Å². The largest absolute Gasteiger partial charge is 0.493 e. The normalized spacial score (nSPS) is 11.9. The third kappa shape index (κ3) is 7.02. The molecule has 1 N–H and O–H groups in total. The monoisotopic (exact) mass is 544 g/mol. The van der Waals surface area contributed by atoms with Crippen LogP contribution in [0.4, 0.5) is 5.69 Å². The first-order chi connectivity index (χ1) is 17.6. The molecule has 3 rings (SSSR count). The lowest BCUT2D eigenvalue weighted by Gasteiger charge is -2.29. The highest BCUT2D eigenvalue weighted by molar-refractivity contribution is 7.87. The predicted molar refractivity (Wildman–Crippen MR) is 143 cm³/mol. The number of ether oxygens (including phenoxy) is 1. The van der Waals surface area contributed by atoms with Crippen molar-refractivity contribution in [1.29, 1.82) is 0 Å². The van der Waals surface area contributed by atoms with Crippen LogP contribution in [0, 0.1) is 0 Å². The molecule has 0 aliphatic carbocycles. The van der Waals surface area contributed by atoms with Gasteiger partial charge in [0.1, 0.15) is 4.90 Å². The summed E-state index contributed by atoms with van der Waals surface area (Å²) >= 11 is 6.27. The Bertz CT molecular complexity index is 1380. The molecule has 3 aromatic rings. The van der Waals surface area contributed by atoms with Crippen LogP contribution in [0.25, 0.3) is 0 Å². The van der Waals surface area contributed by atoms with Crippen LogP contribution in [0.5, 0.6) is 11.5 Å². The molecule has 196 valence electrons. The third-order valence-corrected chi connectivity index (χ3v) is 7.31. The smallest absolute Gasteiger partial charge is 0.339 e. The molecule has 0 radical (unpaired) electrons. The Balaban J connectivity index is 1.90. The fourth-order valence-corrected chi connectivity index (χ4v) is 4.74. The number of benzene rings is 3. The molecular weight excluding hydrogens is 516 g/mol. The Labute approximate surface area is 222 Å². The number of halogens is 1. The van der Waals surface area contributed by atoms with E-state index < -0.39 is 10.1 Å². The van der Waals surface area contributed by atoms with Crippen molar-refractivity contribution in [3.63, 3.8) is 0 Å². The van der Waals surface area contributed by atoms with Crippen LogP contribution in [0.3, 0.4) is 0 Å². The molecule has 1 atom stereocenters. The molecule has 10 heteroatoms. The zero-order chi connectivity index (χ0) is 27.2. The van der Waals surface area contributed by atoms with E-state index in [2.05, 4.69) is 5.32 Å². The van der Waals surface area contributed by atoms with Gasteiger partial charge in [0.15, 0.2) is 11.5 Å². The summed E-state index contributed by atoms with van der Waals surface area (Å²) in [5.74, 6) is -0.298. The van der Waals surface area contributed by atoms with Gasteiger partial charge in [-0.2, -0.15) is 8.42 Å². The maximum Gasteiger partial charge on any atom is 0.339 e. The predicted octanol–water partition coefficient (Wildman–Crippen LogP) is 5.52. The quantitative estimate of drug-likeness (QED) is 0.337. The highest BCUT2D eigenvalue weighted by atomic mass is 35.5. The number of hydrogen-bond donors (Lipinski definition) is 1. The zero-order valence-electron chi connectivity index (χ0n) is 21.0. The van der Waals surface area contributed by atoms with Gasteiger partial charge in [0, 0.05) is 25.2 Å². The summed E-state index contributed by atoms with van der Waals surface area (Å²) in [6, 6.07) is 17.2. The van der Waals surface area contributed by atoms with E-state index in [1.807, 2.05) is 13.8 Å². The second-order valence-corrected chi connectivity index (χ2v) is 10.4. The molecule has 0 spiro atoms. The summed E-state index contributed by atoms with van der Waals surface area (Å²) in [5.41, 5.74) is 1.49. The molecular formula is C27H29ClN2O6S. The van der Waals surface area contributed by atoms with E-state index in [9.17, 15) is 18.0 Å². The second kappa shape index (κ2) is 12.1. The number of rotatable bonds is 10. The van der Waals surface area contributed by atoms with Crippen molar-refractivity contribution in [2.45, 2.75) is 44.7 Å². The van der Waals surface area contributed by atoms with E-state index in [0.29, 0.717) is 28.3 Å². The molecule has 1 unspecified atom stereocenters. The van der Waals surface area contributed by atoms with E-state index in [1.54, 1.807) is 41.3 Å². The molecule has 37 heavy (non-hydrogen) atoms. The minimum absolute atomic E-state index is 0.0137. The van der Waals surface area contributed by atoms with Gasteiger partial charge < -0.3 is 19.1 Å². The SMILES string of the molecule is CCC(C)N(Cc1ccc(OC)c(OS(=O)(=O)c2ccc(NC(C)=O)cc2)c1)C(=O)c1ccccc1Cl. The summed E-state index contributed by atoms with van der Waals surface area (Å²) in [6.45, 7) is 5.47. The molecule has 0 aromatic heterocycles. The minimum Gasteiger partial charge on any atom is -0.493 e. The van der Waals surface area contributed by atoms with Crippen molar-refractivity contribution in [2.24, 2.45) is 0 Å². The van der Waals surface area contributed by atoms with Gasteiger partial charge in [-0.15, -0.1) is 0 Å². The second-order valence-electron chi connectivity index (χ2n) is 8.40. The Morgan fingerprint density at radius 1 is 1.03 bits per heavy atom. The number of carbonyl (C=O) groups is 2. The fourth-order valence-electron chi connectivity index (χ4n) is 3.59.